The number of carbonyl (C=O) groups excluding carboxylic acids is 1. The van der Waals surface area contributed by atoms with E-state index in [4.69, 9.17) is 9.47 Å². The van der Waals surface area contributed by atoms with Crippen LogP contribution in [0.4, 0.5) is 0 Å². The number of nitrogens with zero attached hydrogens (tertiary/aromatic N) is 3. The zero-order valence-corrected chi connectivity index (χ0v) is 17.6. The highest BCUT2D eigenvalue weighted by atomic mass is 16.5. The van der Waals surface area contributed by atoms with Gasteiger partial charge in [-0.1, -0.05) is 30.3 Å². The summed E-state index contributed by atoms with van der Waals surface area (Å²) < 4.78 is 16.5. The topological polar surface area (TPSA) is 48.6 Å². The summed E-state index contributed by atoms with van der Waals surface area (Å²) in [6.07, 6.45) is 4.05. The maximum absolute atomic E-state index is 11.7. The molecule has 2 aromatic heterocycles. The summed E-state index contributed by atoms with van der Waals surface area (Å²) in [6.45, 7) is 7.07. The third kappa shape index (κ3) is 3.17. The molecule has 1 fully saturated rings. The minimum Gasteiger partial charge on any atom is -0.379 e. The highest BCUT2D eigenvalue weighted by molar-refractivity contribution is 6.19. The largest absolute Gasteiger partial charge is 0.379 e. The van der Waals surface area contributed by atoms with Crippen LogP contribution in [0.1, 0.15) is 16.8 Å². The lowest BCUT2D eigenvalue weighted by atomic mass is 10.1. The van der Waals surface area contributed by atoms with Crippen LogP contribution in [0.5, 0.6) is 0 Å². The van der Waals surface area contributed by atoms with Gasteiger partial charge in [-0.2, -0.15) is 0 Å². The maximum Gasteiger partial charge on any atom is 0.152 e. The molecule has 2 aliphatic heterocycles. The number of morpholine rings is 1. The van der Waals surface area contributed by atoms with Gasteiger partial charge in [0.25, 0.3) is 0 Å². The van der Waals surface area contributed by atoms with Gasteiger partial charge < -0.3 is 18.6 Å². The Bertz CT molecular complexity index is 1270. The fourth-order valence-electron chi connectivity index (χ4n) is 5.33. The Balaban J connectivity index is 1.33. The molecule has 0 bridgehead atoms. The number of benzene rings is 2. The van der Waals surface area contributed by atoms with Crippen LogP contribution in [-0.2, 0) is 22.6 Å². The molecule has 0 aliphatic carbocycles. The normalized spacial score (nSPS) is 19.5. The Labute approximate surface area is 180 Å². The van der Waals surface area contributed by atoms with E-state index < -0.39 is 0 Å². The lowest BCUT2D eigenvalue weighted by Gasteiger charge is -2.26. The smallest absolute Gasteiger partial charge is 0.152 e. The second-order valence-corrected chi connectivity index (χ2v) is 8.64. The minimum absolute atomic E-state index is 0.0613. The van der Waals surface area contributed by atoms with Crippen molar-refractivity contribution in [2.45, 2.75) is 25.6 Å². The number of hydrogen-bond acceptors (Lipinski definition) is 4. The summed E-state index contributed by atoms with van der Waals surface area (Å²) in [6, 6.07) is 12.8. The van der Waals surface area contributed by atoms with E-state index in [1.54, 1.807) is 0 Å². The van der Waals surface area contributed by atoms with Gasteiger partial charge in [-0.25, -0.2) is 0 Å². The van der Waals surface area contributed by atoms with Crippen molar-refractivity contribution in [3.63, 3.8) is 0 Å². The van der Waals surface area contributed by atoms with Crippen molar-refractivity contribution in [3.05, 3.63) is 48.2 Å². The SMILES string of the molecule is O=Cc1cn2c3c1ccc1c4ccccc4n(c13)CC(OCCCN1CCOCC1)C2. The van der Waals surface area contributed by atoms with E-state index in [1.807, 2.05) is 6.20 Å². The van der Waals surface area contributed by atoms with Crippen LogP contribution in [0.25, 0.3) is 32.7 Å². The molecule has 160 valence electrons. The Morgan fingerprint density at radius 2 is 1.84 bits per heavy atom. The van der Waals surface area contributed by atoms with Crippen molar-refractivity contribution in [1.29, 1.82) is 0 Å². The van der Waals surface area contributed by atoms with E-state index in [0.29, 0.717) is 0 Å². The summed E-state index contributed by atoms with van der Waals surface area (Å²) in [7, 11) is 0. The first-order valence-corrected chi connectivity index (χ1v) is 11.2. The molecule has 6 nitrogen and oxygen atoms in total. The van der Waals surface area contributed by atoms with Crippen molar-refractivity contribution < 1.29 is 14.3 Å². The molecular weight excluding hydrogens is 390 g/mol. The number of aromatic nitrogens is 2. The number of fused-ring (bicyclic) bond motifs is 3. The molecule has 0 N–H and O–H groups in total. The monoisotopic (exact) mass is 417 g/mol. The molecule has 4 aromatic rings. The second-order valence-electron chi connectivity index (χ2n) is 8.64. The molecule has 0 radical (unpaired) electrons. The van der Waals surface area contributed by atoms with E-state index in [1.165, 1.54) is 21.8 Å². The lowest BCUT2D eigenvalue weighted by molar-refractivity contribution is 0.0125. The van der Waals surface area contributed by atoms with Crippen LogP contribution in [0.15, 0.2) is 42.6 Å². The highest BCUT2D eigenvalue weighted by Crippen LogP contribution is 2.37. The standard InChI is InChI=1S/C25H27N3O3/c29-17-18-14-27-15-19(31-11-3-8-26-9-12-30-13-10-26)16-28-23-5-2-1-4-21(23)22-7-6-20(18)24(27)25(22)28/h1-2,4-7,14,17,19H,3,8-13,15-16H2. The summed E-state index contributed by atoms with van der Waals surface area (Å²) in [5.41, 5.74) is 4.34. The molecule has 2 aliphatic rings. The molecule has 2 aromatic carbocycles. The molecule has 0 spiro atoms. The Hall–Kier alpha value is -2.67. The molecule has 6 rings (SSSR count). The predicted octanol–water partition coefficient (Wildman–Crippen LogP) is 3.68. The van der Waals surface area contributed by atoms with Crippen molar-refractivity contribution in [1.82, 2.24) is 14.0 Å². The van der Waals surface area contributed by atoms with E-state index in [2.05, 4.69) is 50.4 Å². The Morgan fingerprint density at radius 1 is 1.00 bits per heavy atom. The number of hydrogen-bond donors (Lipinski definition) is 0. The molecule has 0 saturated carbocycles. The fraction of sp³-hybridized carbons (Fsp3) is 0.400. The third-order valence-electron chi connectivity index (χ3n) is 6.79. The van der Waals surface area contributed by atoms with E-state index in [0.717, 1.165) is 81.7 Å². The lowest BCUT2D eigenvalue weighted by Crippen LogP contribution is -2.37. The average Bonchev–Trinajstić information content (AvgIpc) is 3.27. The third-order valence-corrected chi connectivity index (χ3v) is 6.79. The summed E-state index contributed by atoms with van der Waals surface area (Å²) in [5.74, 6) is 0. The van der Waals surface area contributed by atoms with Gasteiger partial charge in [0, 0.05) is 59.7 Å². The molecule has 4 heterocycles. The van der Waals surface area contributed by atoms with Gasteiger partial charge in [0.05, 0.1) is 43.4 Å². The molecule has 1 saturated heterocycles. The Kier molecular flexibility index (Phi) is 4.78. The van der Waals surface area contributed by atoms with E-state index >= 15 is 0 Å². The van der Waals surface area contributed by atoms with E-state index in [9.17, 15) is 4.79 Å². The molecule has 1 atom stereocenters. The first kappa shape index (κ1) is 19.0. The van der Waals surface area contributed by atoms with Crippen LogP contribution in [0.3, 0.4) is 0 Å². The van der Waals surface area contributed by atoms with Crippen LogP contribution in [0, 0.1) is 0 Å². The fourth-order valence-corrected chi connectivity index (χ4v) is 5.33. The zero-order valence-electron chi connectivity index (χ0n) is 17.6. The molecule has 6 heteroatoms. The Morgan fingerprint density at radius 3 is 2.71 bits per heavy atom. The maximum atomic E-state index is 11.7. The number of carbonyl (C=O) groups is 1. The predicted molar refractivity (Wildman–Crippen MR) is 122 cm³/mol. The highest BCUT2D eigenvalue weighted by Gasteiger charge is 2.25. The van der Waals surface area contributed by atoms with Crippen molar-refractivity contribution >= 4 is 39.0 Å². The van der Waals surface area contributed by atoms with Crippen LogP contribution in [-0.4, -0.2) is 65.9 Å². The number of ether oxygens (including phenoxy) is 2. The minimum atomic E-state index is 0.0613. The first-order valence-electron chi connectivity index (χ1n) is 11.2. The molecule has 1 unspecified atom stereocenters. The second kappa shape index (κ2) is 7.79. The van der Waals surface area contributed by atoms with Crippen molar-refractivity contribution in [3.8, 4) is 0 Å². The quantitative estimate of drug-likeness (QED) is 0.355. The van der Waals surface area contributed by atoms with Gasteiger partial charge in [-0.15, -0.1) is 0 Å². The molecular formula is C25H27N3O3. The summed E-state index contributed by atoms with van der Waals surface area (Å²) in [5, 5.41) is 3.53. The zero-order chi connectivity index (χ0) is 20.8. The number of aldehydes is 1. The van der Waals surface area contributed by atoms with Crippen molar-refractivity contribution in [2.75, 3.05) is 39.5 Å². The van der Waals surface area contributed by atoms with Gasteiger partial charge >= 0.3 is 0 Å². The molecule has 31 heavy (non-hydrogen) atoms. The van der Waals surface area contributed by atoms with Gasteiger partial charge in [0.1, 0.15) is 0 Å². The summed E-state index contributed by atoms with van der Waals surface area (Å²) in [4.78, 5) is 14.2. The molecule has 0 amide bonds. The van der Waals surface area contributed by atoms with Crippen LogP contribution < -0.4 is 0 Å². The van der Waals surface area contributed by atoms with Gasteiger partial charge in [0.15, 0.2) is 6.29 Å². The summed E-state index contributed by atoms with van der Waals surface area (Å²) >= 11 is 0. The average molecular weight is 418 g/mol. The van der Waals surface area contributed by atoms with Crippen molar-refractivity contribution in [2.24, 2.45) is 0 Å². The number of para-hydroxylation sites is 1. The van der Waals surface area contributed by atoms with Crippen LogP contribution >= 0.6 is 0 Å². The van der Waals surface area contributed by atoms with Crippen LogP contribution in [0.2, 0.25) is 0 Å². The number of rotatable bonds is 6. The van der Waals surface area contributed by atoms with Gasteiger partial charge in [-0.05, 0) is 12.5 Å². The first-order chi connectivity index (χ1) is 15.3. The van der Waals surface area contributed by atoms with E-state index in [-0.39, 0.29) is 6.10 Å². The van der Waals surface area contributed by atoms with Gasteiger partial charge in [-0.3, -0.25) is 9.69 Å². The van der Waals surface area contributed by atoms with Gasteiger partial charge in [0.2, 0.25) is 0 Å².